The van der Waals surface area contributed by atoms with Crippen molar-refractivity contribution in [2.45, 2.75) is 26.1 Å². The molecule has 0 saturated carbocycles. The van der Waals surface area contributed by atoms with Crippen LogP contribution in [0.2, 0.25) is 5.02 Å². The molecule has 1 aromatic carbocycles. The van der Waals surface area contributed by atoms with Gasteiger partial charge in [-0.1, -0.05) is 23.7 Å². The van der Waals surface area contributed by atoms with E-state index in [9.17, 15) is 17.6 Å². The highest BCUT2D eigenvalue weighted by Crippen LogP contribution is 2.40. The second-order valence-corrected chi connectivity index (χ2v) is 4.94. The molecule has 2 rings (SSSR count). The number of hydrogen-bond acceptors (Lipinski definition) is 1. The van der Waals surface area contributed by atoms with Gasteiger partial charge in [-0.25, -0.2) is 4.39 Å². The van der Waals surface area contributed by atoms with Gasteiger partial charge in [0.25, 0.3) is 0 Å². The van der Waals surface area contributed by atoms with Crippen molar-refractivity contribution in [1.29, 1.82) is 0 Å². The van der Waals surface area contributed by atoms with E-state index in [1.165, 1.54) is 18.2 Å². The molecule has 0 amide bonds. The molecular formula is C13H11ClF4N2. The largest absolute Gasteiger partial charge is 0.436 e. The zero-order chi connectivity index (χ0) is 15.1. The lowest BCUT2D eigenvalue weighted by Crippen LogP contribution is -2.09. The molecular weight excluding hydrogens is 296 g/mol. The smallest absolute Gasteiger partial charge is 0.260 e. The zero-order valence-electron chi connectivity index (χ0n) is 10.7. The van der Waals surface area contributed by atoms with Gasteiger partial charge in [-0.2, -0.15) is 18.3 Å². The molecule has 0 unspecified atom stereocenters. The Morgan fingerprint density at radius 3 is 2.40 bits per heavy atom. The van der Waals surface area contributed by atoms with Gasteiger partial charge in [0.1, 0.15) is 5.82 Å². The number of hydrogen-bond donors (Lipinski definition) is 0. The van der Waals surface area contributed by atoms with Gasteiger partial charge in [0, 0.05) is 11.6 Å². The molecule has 0 aliphatic rings. The average molecular weight is 307 g/mol. The second-order valence-electron chi connectivity index (χ2n) is 4.56. The molecule has 2 aromatic rings. The van der Waals surface area contributed by atoms with Gasteiger partial charge in [-0.05, 0) is 26.0 Å². The first-order valence-corrected chi connectivity index (χ1v) is 6.20. The van der Waals surface area contributed by atoms with E-state index in [4.69, 9.17) is 11.6 Å². The molecule has 0 spiro atoms. The molecule has 0 aliphatic carbocycles. The molecule has 7 heteroatoms. The molecule has 1 aromatic heterocycles. The molecule has 20 heavy (non-hydrogen) atoms. The molecule has 0 fully saturated rings. The van der Waals surface area contributed by atoms with Crippen LogP contribution in [0.4, 0.5) is 17.6 Å². The van der Waals surface area contributed by atoms with Crippen molar-refractivity contribution in [1.82, 2.24) is 9.78 Å². The lowest BCUT2D eigenvalue weighted by atomic mass is 10.1. The quantitative estimate of drug-likeness (QED) is 0.718. The summed E-state index contributed by atoms with van der Waals surface area (Å²) in [6.45, 7) is 3.35. The molecule has 1 heterocycles. The highest BCUT2D eigenvalue weighted by atomic mass is 35.5. The van der Waals surface area contributed by atoms with Crippen molar-refractivity contribution in [2.75, 3.05) is 0 Å². The van der Waals surface area contributed by atoms with Crippen LogP contribution in [-0.2, 0) is 6.18 Å². The summed E-state index contributed by atoms with van der Waals surface area (Å²) in [6, 6.07) is 4.89. The number of benzene rings is 1. The Bertz CT molecular complexity index is 632. The minimum absolute atomic E-state index is 0.0634. The van der Waals surface area contributed by atoms with E-state index >= 15 is 0 Å². The Hall–Kier alpha value is -1.56. The van der Waals surface area contributed by atoms with Crippen LogP contribution in [0.5, 0.6) is 0 Å². The van der Waals surface area contributed by atoms with Crippen LogP contribution in [0.25, 0.3) is 11.3 Å². The van der Waals surface area contributed by atoms with E-state index in [2.05, 4.69) is 5.10 Å². The second kappa shape index (κ2) is 5.09. The fourth-order valence-electron chi connectivity index (χ4n) is 1.86. The van der Waals surface area contributed by atoms with E-state index in [0.29, 0.717) is 0 Å². The number of alkyl halides is 3. The van der Waals surface area contributed by atoms with E-state index in [1.54, 1.807) is 13.8 Å². The molecule has 0 N–H and O–H groups in total. The van der Waals surface area contributed by atoms with E-state index in [1.807, 2.05) is 0 Å². The summed E-state index contributed by atoms with van der Waals surface area (Å²) < 4.78 is 53.0. The summed E-state index contributed by atoms with van der Waals surface area (Å²) >= 11 is 5.82. The average Bonchev–Trinajstić information content (AvgIpc) is 2.66. The number of nitrogens with zero attached hydrogens (tertiary/aromatic N) is 2. The Morgan fingerprint density at radius 1 is 1.25 bits per heavy atom. The van der Waals surface area contributed by atoms with Crippen molar-refractivity contribution in [2.24, 2.45) is 0 Å². The predicted molar refractivity (Wildman–Crippen MR) is 68.0 cm³/mol. The van der Waals surface area contributed by atoms with Gasteiger partial charge in [0.2, 0.25) is 0 Å². The summed E-state index contributed by atoms with van der Waals surface area (Å²) in [6.07, 6.45) is -4.65. The molecule has 0 atom stereocenters. The first kappa shape index (κ1) is 14.8. The fraction of sp³-hybridized carbons (Fsp3) is 0.308. The van der Waals surface area contributed by atoms with Crippen LogP contribution in [0, 0.1) is 5.82 Å². The van der Waals surface area contributed by atoms with Gasteiger partial charge < -0.3 is 0 Å². The van der Waals surface area contributed by atoms with Gasteiger partial charge in [-0.3, -0.25) is 4.68 Å². The minimum atomic E-state index is -4.65. The van der Waals surface area contributed by atoms with Gasteiger partial charge in [0.05, 0.1) is 10.7 Å². The normalized spacial score (nSPS) is 12.2. The Balaban J connectivity index is 2.71. The summed E-state index contributed by atoms with van der Waals surface area (Å²) in [5.41, 5.74) is -0.840. The molecule has 0 saturated heterocycles. The maximum absolute atomic E-state index is 13.3. The first-order valence-electron chi connectivity index (χ1n) is 5.83. The molecule has 0 radical (unpaired) electrons. The highest BCUT2D eigenvalue weighted by molar-refractivity contribution is 6.33. The van der Waals surface area contributed by atoms with Crippen LogP contribution in [-0.4, -0.2) is 9.78 Å². The maximum atomic E-state index is 13.3. The molecule has 0 bridgehead atoms. The van der Waals surface area contributed by atoms with Gasteiger partial charge in [-0.15, -0.1) is 0 Å². The third-order valence-electron chi connectivity index (χ3n) is 2.71. The zero-order valence-corrected chi connectivity index (χ0v) is 11.4. The molecule has 108 valence electrons. The number of rotatable bonds is 2. The number of halogens is 5. The fourth-order valence-corrected chi connectivity index (χ4v) is 2.20. The van der Waals surface area contributed by atoms with E-state index < -0.39 is 22.7 Å². The van der Waals surface area contributed by atoms with Crippen molar-refractivity contribution >= 4 is 11.6 Å². The van der Waals surface area contributed by atoms with Gasteiger partial charge in [0.15, 0.2) is 5.69 Å². The van der Waals surface area contributed by atoms with Crippen LogP contribution in [0.15, 0.2) is 24.3 Å². The third kappa shape index (κ3) is 2.65. The van der Waals surface area contributed by atoms with E-state index in [0.717, 1.165) is 10.7 Å². The van der Waals surface area contributed by atoms with Crippen molar-refractivity contribution in [3.63, 3.8) is 0 Å². The Morgan fingerprint density at radius 2 is 1.90 bits per heavy atom. The van der Waals surface area contributed by atoms with Crippen LogP contribution in [0.3, 0.4) is 0 Å². The summed E-state index contributed by atoms with van der Waals surface area (Å²) in [5.74, 6) is -0.552. The minimum Gasteiger partial charge on any atom is -0.260 e. The van der Waals surface area contributed by atoms with Crippen LogP contribution < -0.4 is 0 Å². The van der Waals surface area contributed by atoms with Crippen molar-refractivity contribution < 1.29 is 17.6 Å². The maximum Gasteiger partial charge on any atom is 0.436 e. The summed E-state index contributed by atoms with van der Waals surface area (Å²) in [7, 11) is 0. The predicted octanol–water partition coefficient (Wildman–Crippen LogP) is 4.94. The van der Waals surface area contributed by atoms with Crippen molar-refractivity contribution in [3.8, 4) is 11.3 Å². The van der Waals surface area contributed by atoms with Crippen molar-refractivity contribution in [3.05, 3.63) is 40.8 Å². The standard InChI is InChI=1S/C13H11ClF4N2/c1-7(2)20-11(8-4-3-5-9(15)6-8)10(14)12(19-20)13(16,17)18/h3-7H,1-2H3. The highest BCUT2D eigenvalue weighted by Gasteiger charge is 2.39. The summed E-state index contributed by atoms with van der Waals surface area (Å²) in [5, 5.41) is 3.01. The van der Waals surface area contributed by atoms with E-state index in [-0.39, 0.29) is 17.3 Å². The number of aromatic nitrogens is 2. The molecule has 0 aliphatic heterocycles. The molecule has 2 nitrogen and oxygen atoms in total. The lowest BCUT2D eigenvalue weighted by Gasteiger charge is -2.11. The summed E-state index contributed by atoms with van der Waals surface area (Å²) in [4.78, 5) is 0. The lowest BCUT2D eigenvalue weighted by molar-refractivity contribution is -0.141. The van der Waals surface area contributed by atoms with Crippen LogP contribution >= 0.6 is 11.6 Å². The Labute approximate surface area is 118 Å². The first-order chi connectivity index (χ1) is 9.21. The SMILES string of the molecule is CC(C)n1nc(C(F)(F)F)c(Cl)c1-c1cccc(F)c1. The third-order valence-corrected chi connectivity index (χ3v) is 3.07. The Kier molecular flexibility index (Phi) is 3.77. The van der Waals surface area contributed by atoms with Gasteiger partial charge >= 0.3 is 6.18 Å². The van der Waals surface area contributed by atoms with Crippen LogP contribution in [0.1, 0.15) is 25.6 Å². The topological polar surface area (TPSA) is 17.8 Å². The monoisotopic (exact) mass is 306 g/mol.